The van der Waals surface area contributed by atoms with Gasteiger partial charge >= 0.3 is 11.9 Å². The molecule has 0 bridgehead atoms. The van der Waals surface area contributed by atoms with Crippen molar-refractivity contribution in [2.75, 3.05) is 7.11 Å². The van der Waals surface area contributed by atoms with Crippen LogP contribution in [0, 0.1) is 34.5 Å². The summed E-state index contributed by atoms with van der Waals surface area (Å²) in [4.78, 5) is 23.9. The first-order valence-electron chi connectivity index (χ1n) is 13.4. The van der Waals surface area contributed by atoms with Crippen molar-refractivity contribution < 1.29 is 28.9 Å². The highest BCUT2D eigenvalue weighted by molar-refractivity contribution is 5.76. The lowest BCUT2D eigenvalue weighted by Gasteiger charge is -2.63. The summed E-state index contributed by atoms with van der Waals surface area (Å²) in [5.74, 6) is 0.505. The lowest BCUT2D eigenvalue weighted by atomic mass is 9.43. The third kappa shape index (κ3) is 3.75. The van der Waals surface area contributed by atoms with Gasteiger partial charge in [-0.25, -0.2) is 0 Å². The Morgan fingerprint density at radius 2 is 1.85 bits per heavy atom. The van der Waals surface area contributed by atoms with Crippen molar-refractivity contribution in [3.05, 3.63) is 11.8 Å². The summed E-state index contributed by atoms with van der Waals surface area (Å²) in [6, 6.07) is 0. The summed E-state index contributed by atoms with van der Waals surface area (Å²) >= 11 is 0. The quantitative estimate of drug-likeness (QED) is 0.566. The maximum absolute atomic E-state index is 12.5. The number of aliphatic hydroxyl groups is 1. The second-order valence-electron chi connectivity index (χ2n) is 11.7. The van der Waals surface area contributed by atoms with Crippen LogP contribution in [0.1, 0.15) is 92.4 Å². The van der Waals surface area contributed by atoms with Crippen molar-refractivity contribution in [2.45, 2.75) is 110 Å². The Kier molecular flexibility index (Phi) is 6.98. The van der Waals surface area contributed by atoms with E-state index in [4.69, 9.17) is 14.2 Å². The van der Waals surface area contributed by atoms with E-state index in [1.165, 1.54) is 6.92 Å². The largest absolute Gasteiger partial charge is 0.462 e. The first-order valence-corrected chi connectivity index (χ1v) is 13.4. The number of esters is 2. The predicted octanol–water partition coefficient (Wildman–Crippen LogP) is 5.17. The standard InChI is InChI=1S/C26H38O6.C2H6/c1-15(27)32-21-13-26(29)20-6-5-17-12-18(30-4)7-9-24(17,2)19(20)8-10-25(26,3)23(21)16-11-22(28)31-14-16;1-2/h14,17-21,23,29H,5-13H2,1-4H3;1-2H3. The van der Waals surface area contributed by atoms with Gasteiger partial charge in [-0.05, 0) is 73.7 Å². The van der Waals surface area contributed by atoms with Crippen LogP contribution in [0.5, 0.6) is 0 Å². The minimum absolute atomic E-state index is 0.182. The molecular weight excluding hydrogens is 432 g/mol. The van der Waals surface area contributed by atoms with E-state index in [1.54, 1.807) is 6.26 Å². The molecule has 0 aromatic rings. The van der Waals surface area contributed by atoms with E-state index >= 15 is 0 Å². The van der Waals surface area contributed by atoms with Crippen LogP contribution in [-0.4, -0.2) is 42.0 Å². The molecule has 0 spiro atoms. The Labute approximate surface area is 204 Å². The average molecular weight is 477 g/mol. The van der Waals surface area contributed by atoms with Gasteiger partial charge in [-0.3, -0.25) is 9.59 Å². The number of cyclic esters (lactones) is 1. The number of methoxy groups -OCH3 is 1. The van der Waals surface area contributed by atoms with E-state index in [2.05, 4.69) is 13.8 Å². The summed E-state index contributed by atoms with van der Waals surface area (Å²) in [6.07, 6.45) is 9.57. The van der Waals surface area contributed by atoms with Crippen molar-refractivity contribution in [1.29, 1.82) is 0 Å². The fourth-order valence-electron chi connectivity index (χ4n) is 8.96. The SMILES string of the molecule is CC.COC1CCC2(C)C(CCC3C2CCC2(C)C(C4=COC(=O)C4)C(OC(C)=O)CC32O)C1. The molecule has 0 amide bonds. The average Bonchev–Trinajstić information content (AvgIpc) is 3.31. The molecule has 5 rings (SSSR count). The zero-order valence-electron chi connectivity index (χ0n) is 21.9. The van der Waals surface area contributed by atoms with Crippen LogP contribution in [0.4, 0.5) is 0 Å². The third-order valence-corrected chi connectivity index (χ3v) is 10.5. The second kappa shape index (κ2) is 9.24. The molecule has 34 heavy (non-hydrogen) atoms. The van der Waals surface area contributed by atoms with Gasteiger partial charge in [-0.2, -0.15) is 0 Å². The van der Waals surface area contributed by atoms with Gasteiger partial charge in [0.1, 0.15) is 6.10 Å². The molecule has 4 aliphatic carbocycles. The number of fused-ring (bicyclic) bond motifs is 5. The van der Waals surface area contributed by atoms with Crippen molar-refractivity contribution in [2.24, 2.45) is 34.5 Å². The fraction of sp³-hybridized carbons (Fsp3) is 0.857. The topological polar surface area (TPSA) is 82.1 Å². The predicted molar refractivity (Wildman–Crippen MR) is 129 cm³/mol. The Balaban J connectivity index is 0.00000133. The number of carbonyl (C=O) groups is 2. The fourth-order valence-corrected chi connectivity index (χ4v) is 8.96. The molecule has 0 aromatic carbocycles. The van der Waals surface area contributed by atoms with Crippen LogP contribution >= 0.6 is 0 Å². The smallest absolute Gasteiger partial charge is 0.314 e. The number of hydrogen-bond donors (Lipinski definition) is 1. The first kappa shape index (κ1) is 25.7. The zero-order valence-corrected chi connectivity index (χ0v) is 21.9. The summed E-state index contributed by atoms with van der Waals surface area (Å²) in [5, 5.41) is 12.5. The molecule has 1 aliphatic heterocycles. The number of ether oxygens (including phenoxy) is 3. The van der Waals surface area contributed by atoms with Crippen LogP contribution < -0.4 is 0 Å². The first-order chi connectivity index (χ1) is 16.1. The molecule has 6 nitrogen and oxygen atoms in total. The monoisotopic (exact) mass is 476 g/mol. The minimum atomic E-state index is -0.917. The molecule has 192 valence electrons. The van der Waals surface area contributed by atoms with Gasteiger partial charge in [0.25, 0.3) is 0 Å². The van der Waals surface area contributed by atoms with Gasteiger partial charge in [0, 0.05) is 31.8 Å². The van der Waals surface area contributed by atoms with Gasteiger partial charge in [0.2, 0.25) is 0 Å². The zero-order chi connectivity index (χ0) is 24.9. The molecule has 9 atom stereocenters. The summed E-state index contributed by atoms with van der Waals surface area (Å²) < 4.78 is 16.7. The van der Waals surface area contributed by atoms with Crippen molar-refractivity contribution >= 4 is 11.9 Å². The third-order valence-electron chi connectivity index (χ3n) is 10.5. The van der Waals surface area contributed by atoms with E-state index < -0.39 is 17.1 Å². The van der Waals surface area contributed by atoms with Gasteiger partial charge in [-0.1, -0.05) is 27.7 Å². The molecule has 0 aromatic heterocycles. The maximum Gasteiger partial charge on any atom is 0.314 e. The molecule has 5 aliphatic rings. The second-order valence-corrected chi connectivity index (χ2v) is 11.7. The van der Waals surface area contributed by atoms with E-state index in [9.17, 15) is 14.7 Å². The number of hydrogen-bond acceptors (Lipinski definition) is 6. The van der Waals surface area contributed by atoms with Crippen LogP contribution in [0.15, 0.2) is 11.8 Å². The Morgan fingerprint density at radius 3 is 2.47 bits per heavy atom. The minimum Gasteiger partial charge on any atom is -0.462 e. The maximum atomic E-state index is 12.5. The highest BCUT2D eigenvalue weighted by Gasteiger charge is 2.71. The number of carbonyl (C=O) groups excluding carboxylic acids is 2. The highest BCUT2D eigenvalue weighted by atomic mass is 16.5. The van der Waals surface area contributed by atoms with Crippen molar-refractivity contribution in [3.8, 4) is 0 Å². The van der Waals surface area contributed by atoms with Crippen LogP contribution in [0.2, 0.25) is 0 Å². The van der Waals surface area contributed by atoms with E-state index in [1.807, 2.05) is 21.0 Å². The molecule has 0 saturated heterocycles. The summed E-state index contributed by atoms with van der Waals surface area (Å²) in [7, 11) is 1.83. The molecule has 4 saturated carbocycles. The van der Waals surface area contributed by atoms with E-state index in [0.717, 1.165) is 50.5 Å². The van der Waals surface area contributed by atoms with Gasteiger partial charge in [0.15, 0.2) is 0 Å². The summed E-state index contributed by atoms with van der Waals surface area (Å²) in [5.41, 5.74) is -0.269. The van der Waals surface area contributed by atoms with Crippen molar-refractivity contribution in [3.63, 3.8) is 0 Å². The molecule has 4 fully saturated rings. The van der Waals surface area contributed by atoms with Gasteiger partial charge in [0.05, 0.1) is 24.4 Å². The van der Waals surface area contributed by atoms with Gasteiger partial charge < -0.3 is 19.3 Å². The Morgan fingerprint density at radius 1 is 1.12 bits per heavy atom. The molecule has 9 unspecified atom stereocenters. The van der Waals surface area contributed by atoms with Crippen molar-refractivity contribution in [1.82, 2.24) is 0 Å². The molecule has 1 N–H and O–H groups in total. The lowest BCUT2D eigenvalue weighted by molar-refractivity contribution is -0.209. The molecule has 0 radical (unpaired) electrons. The highest BCUT2D eigenvalue weighted by Crippen LogP contribution is 2.70. The van der Waals surface area contributed by atoms with Gasteiger partial charge in [-0.15, -0.1) is 0 Å². The lowest BCUT2D eigenvalue weighted by Crippen LogP contribution is -2.62. The number of rotatable bonds is 3. The Hall–Kier alpha value is -1.40. The normalized spacial score (nSPS) is 47.3. The molecular formula is C28H44O6. The van der Waals surface area contributed by atoms with E-state index in [-0.39, 0.29) is 35.6 Å². The van der Waals surface area contributed by atoms with Crippen LogP contribution in [0.25, 0.3) is 0 Å². The van der Waals surface area contributed by atoms with Crippen LogP contribution in [-0.2, 0) is 23.8 Å². The molecule has 6 heteroatoms. The van der Waals surface area contributed by atoms with Crippen LogP contribution in [0.3, 0.4) is 0 Å². The summed E-state index contributed by atoms with van der Waals surface area (Å²) in [6.45, 7) is 10.0. The Bertz CT molecular complexity index is 837. The van der Waals surface area contributed by atoms with E-state index in [0.29, 0.717) is 24.4 Å². The molecule has 1 heterocycles.